The SMILES string of the molecule is CCn1c(-c2ccccc2)cnc1S[C@H](C)C(=O)Nc1cccc(C(C)=O)c1. The molecule has 2 aromatic carbocycles. The number of benzene rings is 2. The molecule has 0 fully saturated rings. The van der Waals surface area contributed by atoms with Gasteiger partial charge in [-0.1, -0.05) is 54.2 Å². The monoisotopic (exact) mass is 393 g/mol. The van der Waals surface area contributed by atoms with Crippen LogP contribution in [0.3, 0.4) is 0 Å². The molecular formula is C22H23N3O2S. The summed E-state index contributed by atoms with van der Waals surface area (Å²) in [5.74, 6) is -0.158. The van der Waals surface area contributed by atoms with E-state index in [1.54, 1.807) is 24.3 Å². The number of ketones is 1. The van der Waals surface area contributed by atoms with Crippen LogP contribution in [0.25, 0.3) is 11.3 Å². The van der Waals surface area contributed by atoms with E-state index in [0.717, 1.165) is 23.0 Å². The van der Waals surface area contributed by atoms with Crippen molar-refractivity contribution < 1.29 is 9.59 Å². The maximum atomic E-state index is 12.6. The van der Waals surface area contributed by atoms with Gasteiger partial charge in [0.05, 0.1) is 17.1 Å². The Morgan fingerprint density at radius 1 is 1.14 bits per heavy atom. The van der Waals surface area contributed by atoms with Crippen LogP contribution in [0.1, 0.15) is 31.1 Å². The van der Waals surface area contributed by atoms with Crippen molar-refractivity contribution in [1.82, 2.24) is 9.55 Å². The zero-order chi connectivity index (χ0) is 20.1. The van der Waals surface area contributed by atoms with Gasteiger partial charge in [-0.3, -0.25) is 9.59 Å². The second-order valence-corrected chi connectivity index (χ2v) is 7.73. The number of carbonyl (C=O) groups is 2. The van der Waals surface area contributed by atoms with Crippen LogP contribution in [0.2, 0.25) is 0 Å². The molecule has 1 heterocycles. The Hall–Kier alpha value is -2.86. The van der Waals surface area contributed by atoms with E-state index in [1.807, 2.05) is 31.3 Å². The Morgan fingerprint density at radius 2 is 1.89 bits per heavy atom. The van der Waals surface area contributed by atoms with Gasteiger partial charge in [-0.2, -0.15) is 0 Å². The van der Waals surface area contributed by atoms with Gasteiger partial charge >= 0.3 is 0 Å². The average molecular weight is 394 g/mol. The topological polar surface area (TPSA) is 64.0 Å². The average Bonchev–Trinajstić information content (AvgIpc) is 3.11. The van der Waals surface area contributed by atoms with Crippen LogP contribution in [-0.4, -0.2) is 26.5 Å². The largest absolute Gasteiger partial charge is 0.325 e. The lowest BCUT2D eigenvalue weighted by molar-refractivity contribution is -0.115. The number of amides is 1. The molecule has 0 saturated carbocycles. The summed E-state index contributed by atoms with van der Waals surface area (Å²) in [4.78, 5) is 28.7. The van der Waals surface area contributed by atoms with Crippen molar-refractivity contribution in [3.8, 4) is 11.3 Å². The van der Waals surface area contributed by atoms with Crippen molar-refractivity contribution in [2.24, 2.45) is 0 Å². The van der Waals surface area contributed by atoms with Crippen molar-refractivity contribution in [3.63, 3.8) is 0 Å². The van der Waals surface area contributed by atoms with E-state index in [2.05, 4.69) is 33.9 Å². The van der Waals surface area contributed by atoms with E-state index in [9.17, 15) is 9.59 Å². The molecule has 144 valence electrons. The number of aromatic nitrogens is 2. The summed E-state index contributed by atoms with van der Waals surface area (Å²) in [6.07, 6.45) is 1.85. The molecule has 6 heteroatoms. The second kappa shape index (κ2) is 8.89. The van der Waals surface area contributed by atoms with E-state index < -0.39 is 0 Å². The molecule has 28 heavy (non-hydrogen) atoms. The number of Topliss-reactive ketones (excluding diaryl/α,β-unsaturated/α-hetero) is 1. The number of rotatable bonds is 7. The fraction of sp³-hybridized carbons (Fsp3) is 0.227. The van der Waals surface area contributed by atoms with E-state index in [1.165, 1.54) is 18.7 Å². The third-order valence-electron chi connectivity index (χ3n) is 4.39. The number of nitrogens with one attached hydrogen (secondary N) is 1. The maximum absolute atomic E-state index is 12.6. The highest BCUT2D eigenvalue weighted by Crippen LogP contribution is 2.29. The third-order valence-corrected chi connectivity index (χ3v) is 5.50. The van der Waals surface area contributed by atoms with Crippen molar-refractivity contribution in [3.05, 3.63) is 66.4 Å². The number of thioether (sulfide) groups is 1. The Balaban J connectivity index is 1.73. The lowest BCUT2D eigenvalue weighted by atomic mass is 10.1. The van der Waals surface area contributed by atoms with Gasteiger partial charge < -0.3 is 9.88 Å². The van der Waals surface area contributed by atoms with Crippen LogP contribution in [0.4, 0.5) is 5.69 Å². The molecule has 0 aliphatic rings. The van der Waals surface area contributed by atoms with E-state index >= 15 is 0 Å². The Kier molecular flexibility index (Phi) is 6.31. The molecule has 0 saturated heterocycles. The summed E-state index contributed by atoms with van der Waals surface area (Å²) < 4.78 is 2.11. The predicted molar refractivity (Wildman–Crippen MR) is 114 cm³/mol. The normalized spacial score (nSPS) is 11.8. The summed E-state index contributed by atoms with van der Waals surface area (Å²) >= 11 is 1.42. The number of anilines is 1. The zero-order valence-electron chi connectivity index (χ0n) is 16.2. The van der Waals surface area contributed by atoms with Crippen molar-refractivity contribution in [2.45, 2.75) is 37.7 Å². The Bertz CT molecular complexity index is 982. The highest BCUT2D eigenvalue weighted by Gasteiger charge is 2.19. The van der Waals surface area contributed by atoms with Crippen molar-refractivity contribution >= 4 is 29.1 Å². The smallest absolute Gasteiger partial charge is 0.237 e. The molecule has 0 bridgehead atoms. The molecule has 0 radical (unpaired) electrons. The molecule has 0 spiro atoms. The first-order valence-electron chi connectivity index (χ1n) is 9.19. The van der Waals surface area contributed by atoms with E-state index in [0.29, 0.717) is 11.3 Å². The van der Waals surface area contributed by atoms with E-state index in [-0.39, 0.29) is 16.9 Å². The van der Waals surface area contributed by atoms with Gasteiger partial charge in [0.25, 0.3) is 0 Å². The number of hydrogen-bond acceptors (Lipinski definition) is 4. The van der Waals surface area contributed by atoms with Crippen molar-refractivity contribution in [1.29, 1.82) is 0 Å². The first-order chi connectivity index (χ1) is 13.5. The summed E-state index contributed by atoms with van der Waals surface area (Å²) in [6, 6.07) is 17.1. The molecule has 5 nitrogen and oxygen atoms in total. The van der Waals surface area contributed by atoms with Gasteiger partial charge in [-0.05, 0) is 38.5 Å². The molecule has 1 amide bonds. The molecule has 3 aromatic rings. The lowest BCUT2D eigenvalue weighted by Crippen LogP contribution is -2.23. The van der Waals surface area contributed by atoms with Gasteiger partial charge in [-0.25, -0.2) is 4.98 Å². The highest BCUT2D eigenvalue weighted by molar-refractivity contribution is 8.00. The molecule has 0 aliphatic heterocycles. The highest BCUT2D eigenvalue weighted by atomic mass is 32.2. The van der Waals surface area contributed by atoms with Gasteiger partial charge in [-0.15, -0.1) is 0 Å². The molecule has 1 N–H and O–H groups in total. The summed E-state index contributed by atoms with van der Waals surface area (Å²) in [6.45, 7) is 6.19. The van der Waals surface area contributed by atoms with Crippen LogP contribution in [0.5, 0.6) is 0 Å². The first-order valence-corrected chi connectivity index (χ1v) is 10.1. The molecule has 0 unspecified atom stereocenters. The van der Waals surface area contributed by atoms with Crippen LogP contribution in [-0.2, 0) is 11.3 Å². The molecular weight excluding hydrogens is 370 g/mol. The van der Waals surface area contributed by atoms with Gasteiger partial charge in [0.15, 0.2) is 10.9 Å². The fourth-order valence-electron chi connectivity index (χ4n) is 2.87. The van der Waals surface area contributed by atoms with Crippen LogP contribution < -0.4 is 5.32 Å². The number of nitrogens with zero attached hydrogens (tertiary/aromatic N) is 2. The van der Waals surface area contributed by atoms with Crippen LogP contribution >= 0.6 is 11.8 Å². The van der Waals surface area contributed by atoms with Crippen LogP contribution in [0, 0.1) is 0 Å². The molecule has 1 atom stereocenters. The Morgan fingerprint density at radius 3 is 2.57 bits per heavy atom. The van der Waals surface area contributed by atoms with Gasteiger partial charge in [0, 0.05) is 17.8 Å². The third kappa shape index (κ3) is 4.51. The second-order valence-electron chi connectivity index (χ2n) is 6.42. The molecule has 3 rings (SSSR count). The predicted octanol–water partition coefficient (Wildman–Crippen LogP) is 4.89. The summed E-state index contributed by atoms with van der Waals surface area (Å²) in [5.41, 5.74) is 3.33. The minimum Gasteiger partial charge on any atom is -0.325 e. The quantitative estimate of drug-likeness (QED) is 0.458. The summed E-state index contributed by atoms with van der Waals surface area (Å²) in [5, 5.41) is 3.36. The Labute approximate surface area is 169 Å². The fourth-order valence-corrected chi connectivity index (χ4v) is 3.82. The van der Waals surface area contributed by atoms with Crippen molar-refractivity contribution in [2.75, 3.05) is 5.32 Å². The molecule has 0 aliphatic carbocycles. The number of imidazole rings is 1. The van der Waals surface area contributed by atoms with Gasteiger partial charge in [0.1, 0.15) is 0 Å². The first kappa shape index (κ1) is 19.9. The molecule has 1 aromatic heterocycles. The van der Waals surface area contributed by atoms with E-state index in [4.69, 9.17) is 0 Å². The lowest BCUT2D eigenvalue weighted by Gasteiger charge is -2.14. The standard InChI is InChI=1S/C22H23N3O2S/c1-4-25-20(17-9-6-5-7-10-17)14-23-22(25)28-16(3)21(27)24-19-12-8-11-18(13-19)15(2)26/h5-14,16H,4H2,1-3H3,(H,24,27)/t16-/m1/s1. The van der Waals surface area contributed by atoms with Crippen LogP contribution in [0.15, 0.2) is 66.0 Å². The number of carbonyl (C=O) groups excluding carboxylic acids is 2. The minimum atomic E-state index is -0.336. The minimum absolute atomic E-state index is 0.0306. The zero-order valence-corrected chi connectivity index (χ0v) is 17.0. The maximum Gasteiger partial charge on any atom is 0.237 e. The number of hydrogen-bond donors (Lipinski definition) is 1. The summed E-state index contributed by atoms with van der Waals surface area (Å²) in [7, 11) is 0. The van der Waals surface area contributed by atoms with Gasteiger partial charge in [0.2, 0.25) is 5.91 Å².